The van der Waals surface area contributed by atoms with E-state index in [2.05, 4.69) is 0 Å². The van der Waals surface area contributed by atoms with Crippen LogP contribution in [-0.4, -0.2) is 29.5 Å². The Morgan fingerprint density at radius 3 is 2.25 bits per heavy atom. The second-order valence-corrected chi connectivity index (χ2v) is 3.99. The van der Waals surface area contributed by atoms with E-state index in [1.165, 1.54) is 12.1 Å². The maximum Gasteiger partial charge on any atom is 0.216 e. The summed E-state index contributed by atoms with van der Waals surface area (Å²) in [7, 11) is 1.69. The number of rotatable bonds is 1. The minimum absolute atomic E-state index is 0.142. The van der Waals surface area contributed by atoms with E-state index >= 15 is 0 Å². The standard InChI is InChI=1S/C11H13F2NO2/c1-6-10(16-11(15)14(6)2)7-3-8(12)5-9(13)4-7/h3-6,10-11,15H,1-2H3/t6-,10-,11?/m0/s1. The van der Waals surface area contributed by atoms with Crippen LogP contribution in [0.4, 0.5) is 8.78 Å². The number of hydrogen-bond donors (Lipinski definition) is 1. The second kappa shape index (κ2) is 4.08. The number of hydrogen-bond acceptors (Lipinski definition) is 3. The van der Waals surface area contributed by atoms with Crippen molar-refractivity contribution in [2.75, 3.05) is 7.05 Å². The molecule has 3 atom stereocenters. The Balaban J connectivity index is 2.31. The summed E-state index contributed by atoms with van der Waals surface area (Å²) in [4.78, 5) is 1.59. The van der Waals surface area contributed by atoms with E-state index in [9.17, 15) is 13.9 Å². The number of benzene rings is 1. The fourth-order valence-corrected chi connectivity index (χ4v) is 1.85. The molecule has 1 aliphatic rings. The van der Waals surface area contributed by atoms with E-state index in [0.29, 0.717) is 5.56 Å². The molecule has 1 unspecified atom stereocenters. The van der Waals surface area contributed by atoms with Crippen LogP contribution >= 0.6 is 0 Å². The average Bonchev–Trinajstić information content (AvgIpc) is 2.44. The zero-order valence-electron chi connectivity index (χ0n) is 9.02. The number of nitrogens with zero attached hydrogens (tertiary/aromatic N) is 1. The van der Waals surface area contributed by atoms with Crippen molar-refractivity contribution in [2.24, 2.45) is 0 Å². The SMILES string of the molecule is C[C@H]1[C@@H](c2cc(F)cc(F)c2)OC(O)N1C. The Morgan fingerprint density at radius 2 is 1.81 bits per heavy atom. The van der Waals surface area contributed by atoms with E-state index in [0.717, 1.165) is 6.07 Å². The highest BCUT2D eigenvalue weighted by molar-refractivity contribution is 5.22. The Hall–Kier alpha value is -1.04. The molecule has 0 radical (unpaired) electrons. The van der Waals surface area contributed by atoms with E-state index in [1.54, 1.807) is 11.9 Å². The van der Waals surface area contributed by atoms with E-state index in [-0.39, 0.29) is 6.04 Å². The Labute approximate surface area is 92.2 Å². The summed E-state index contributed by atoms with van der Waals surface area (Å²) in [6.07, 6.45) is -1.56. The third kappa shape index (κ3) is 1.93. The summed E-state index contributed by atoms with van der Waals surface area (Å²) in [5.74, 6) is -1.29. The first-order valence-corrected chi connectivity index (χ1v) is 5.00. The first-order chi connectivity index (χ1) is 7.49. The lowest BCUT2D eigenvalue weighted by molar-refractivity contribution is -0.144. The van der Waals surface area contributed by atoms with Gasteiger partial charge in [0.25, 0.3) is 0 Å². The van der Waals surface area contributed by atoms with E-state index in [4.69, 9.17) is 4.74 Å². The molecular weight excluding hydrogens is 216 g/mol. The smallest absolute Gasteiger partial charge is 0.216 e. The molecule has 0 aromatic heterocycles. The molecule has 1 saturated heterocycles. The van der Waals surface area contributed by atoms with Gasteiger partial charge in [0.05, 0.1) is 0 Å². The molecule has 2 rings (SSSR count). The van der Waals surface area contributed by atoms with Crippen LogP contribution in [0.15, 0.2) is 18.2 Å². The largest absolute Gasteiger partial charge is 0.356 e. The predicted molar refractivity (Wildman–Crippen MR) is 53.4 cm³/mol. The first-order valence-electron chi connectivity index (χ1n) is 5.00. The van der Waals surface area contributed by atoms with Crippen LogP contribution in [0.2, 0.25) is 0 Å². The number of likely N-dealkylation sites (N-methyl/N-ethyl adjacent to an activating group) is 1. The van der Waals surface area contributed by atoms with Gasteiger partial charge in [-0.05, 0) is 31.7 Å². The van der Waals surface area contributed by atoms with Crippen molar-refractivity contribution in [3.8, 4) is 0 Å². The van der Waals surface area contributed by atoms with Gasteiger partial charge in [0.2, 0.25) is 6.41 Å². The molecule has 0 aliphatic carbocycles. The topological polar surface area (TPSA) is 32.7 Å². The molecule has 1 aliphatic heterocycles. The van der Waals surface area contributed by atoms with Crippen molar-refractivity contribution in [2.45, 2.75) is 25.5 Å². The summed E-state index contributed by atoms with van der Waals surface area (Å²) in [5, 5.41) is 9.45. The highest BCUT2D eigenvalue weighted by Crippen LogP contribution is 2.33. The van der Waals surface area contributed by atoms with Gasteiger partial charge in [0.15, 0.2) is 0 Å². The maximum absolute atomic E-state index is 13.0. The van der Waals surface area contributed by atoms with Gasteiger partial charge in [-0.15, -0.1) is 0 Å². The van der Waals surface area contributed by atoms with Gasteiger partial charge in [-0.1, -0.05) is 0 Å². The van der Waals surface area contributed by atoms with Crippen molar-refractivity contribution < 1.29 is 18.6 Å². The third-order valence-electron chi connectivity index (χ3n) is 2.91. The van der Waals surface area contributed by atoms with Crippen LogP contribution in [0.1, 0.15) is 18.6 Å². The zero-order chi connectivity index (χ0) is 11.9. The van der Waals surface area contributed by atoms with Crippen molar-refractivity contribution in [3.05, 3.63) is 35.4 Å². The summed E-state index contributed by atoms with van der Waals surface area (Å²) >= 11 is 0. The van der Waals surface area contributed by atoms with Gasteiger partial charge in [-0.3, -0.25) is 4.90 Å². The van der Waals surface area contributed by atoms with Crippen LogP contribution in [-0.2, 0) is 4.74 Å². The fourth-order valence-electron chi connectivity index (χ4n) is 1.85. The van der Waals surface area contributed by atoms with Crippen LogP contribution in [0.3, 0.4) is 0 Å². The van der Waals surface area contributed by atoms with Gasteiger partial charge in [0.1, 0.15) is 17.7 Å². The quantitative estimate of drug-likeness (QED) is 0.794. The second-order valence-electron chi connectivity index (χ2n) is 3.99. The predicted octanol–water partition coefficient (Wildman–Crippen LogP) is 1.63. The lowest BCUT2D eigenvalue weighted by atomic mass is 10.0. The monoisotopic (exact) mass is 229 g/mol. The Morgan fingerprint density at radius 1 is 1.25 bits per heavy atom. The number of ether oxygens (including phenoxy) is 1. The highest BCUT2D eigenvalue weighted by atomic mass is 19.1. The zero-order valence-corrected chi connectivity index (χ0v) is 9.02. The van der Waals surface area contributed by atoms with Crippen molar-refractivity contribution in [1.82, 2.24) is 4.90 Å². The van der Waals surface area contributed by atoms with Crippen LogP contribution in [0.25, 0.3) is 0 Å². The van der Waals surface area contributed by atoms with Crippen molar-refractivity contribution in [3.63, 3.8) is 0 Å². The fraction of sp³-hybridized carbons (Fsp3) is 0.455. The van der Waals surface area contributed by atoms with Gasteiger partial charge in [0, 0.05) is 12.1 Å². The molecule has 0 saturated carbocycles. The summed E-state index contributed by atoms with van der Waals surface area (Å²) in [5.41, 5.74) is 0.397. The number of halogens is 2. The lowest BCUT2D eigenvalue weighted by Crippen LogP contribution is -2.31. The molecule has 16 heavy (non-hydrogen) atoms. The van der Waals surface area contributed by atoms with Crippen molar-refractivity contribution >= 4 is 0 Å². The molecular formula is C11H13F2NO2. The molecule has 1 aromatic rings. The number of aliphatic hydroxyl groups excluding tert-OH is 1. The van der Waals surface area contributed by atoms with Crippen LogP contribution < -0.4 is 0 Å². The molecule has 5 heteroatoms. The molecule has 1 heterocycles. The number of aliphatic hydroxyl groups is 1. The van der Waals surface area contributed by atoms with Gasteiger partial charge in [-0.25, -0.2) is 8.78 Å². The van der Waals surface area contributed by atoms with Gasteiger partial charge < -0.3 is 9.84 Å². The summed E-state index contributed by atoms with van der Waals surface area (Å²) < 4.78 is 31.3. The lowest BCUT2D eigenvalue weighted by Gasteiger charge is -2.18. The summed E-state index contributed by atoms with van der Waals surface area (Å²) in [6, 6.07) is 3.10. The van der Waals surface area contributed by atoms with Crippen LogP contribution in [0.5, 0.6) is 0 Å². The highest BCUT2D eigenvalue weighted by Gasteiger charge is 2.37. The molecule has 1 aromatic carbocycles. The maximum atomic E-state index is 13.0. The molecule has 0 bridgehead atoms. The Kier molecular flexibility index (Phi) is 2.92. The minimum Gasteiger partial charge on any atom is -0.356 e. The molecule has 0 spiro atoms. The van der Waals surface area contributed by atoms with Crippen LogP contribution in [0, 0.1) is 11.6 Å². The first kappa shape index (κ1) is 11.4. The molecule has 1 N–H and O–H groups in total. The minimum atomic E-state index is -1.04. The van der Waals surface area contributed by atoms with Crippen molar-refractivity contribution in [1.29, 1.82) is 0 Å². The average molecular weight is 229 g/mol. The molecule has 1 fully saturated rings. The molecule has 0 amide bonds. The van der Waals surface area contributed by atoms with Gasteiger partial charge >= 0.3 is 0 Å². The summed E-state index contributed by atoms with van der Waals surface area (Å²) in [6.45, 7) is 1.82. The Bertz CT molecular complexity index is 379. The van der Waals surface area contributed by atoms with Gasteiger partial charge in [-0.2, -0.15) is 0 Å². The molecule has 3 nitrogen and oxygen atoms in total. The van der Waals surface area contributed by atoms with E-state index < -0.39 is 24.2 Å². The third-order valence-corrected chi connectivity index (χ3v) is 2.91. The normalized spacial score (nSPS) is 30.9. The molecule has 88 valence electrons. The van der Waals surface area contributed by atoms with E-state index in [1.807, 2.05) is 6.92 Å².